The van der Waals surface area contributed by atoms with Crippen LogP contribution in [-0.2, 0) is 0 Å². The first kappa shape index (κ1) is 13.5. The van der Waals surface area contributed by atoms with Gasteiger partial charge in [-0.1, -0.05) is 11.6 Å². The Bertz CT molecular complexity index is 298. The molecule has 0 bridgehead atoms. The van der Waals surface area contributed by atoms with Gasteiger partial charge in [-0.2, -0.15) is 0 Å². The number of rotatable bonds is 3. The highest BCUT2D eigenvalue weighted by molar-refractivity contribution is 6.29. The van der Waals surface area contributed by atoms with Gasteiger partial charge in [0.25, 0.3) is 0 Å². The fourth-order valence-corrected chi connectivity index (χ4v) is 1.86. The van der Waals surface area contributed by atoms with Crippen LogP contribution in [-0.4, -0.2) is 29.8 Å². The number of nitrogens with one attached hydrogen (secondary N) is 2. The molecule has 0 spiro atoms. The third-order valence-corrected chi connectivity index (χ3v) is 2.80. The van der Waals surface area contributed by atoms with Crippen molar-refractivity contribution in [1.82, 2.24) is 15.5 Å². The van der Waals surface area contributed by atoms with E-state index in [1.165, 1.54) is 12.8 Å². The van der Waals surface area contributed by atoms with Crippen LogP contribution in [0.4, 0.5) is 5.82 Å². The summed E-state index contributed by atoms with van der Waals surface area (Å²) in [6, 6.07) is 3.60. The third kappa shape index (κ3) is 4.12. The number of nitrogens with zero attached hydrogens (tertiary/aromatic N) is 2. The fourth-order valence-electron chi connectivity index (χ4n) is 1.76. The van der Waals surface area contributed by atoms with E-state index in [4.69, 9.17) is 11.6 Å². The van der Waals surface area contributed by atoms with Crippen LogP contribution in [0.1, 0.15) is 12.8 Å². The van der Waals surface area contributed by atoms with Crippen LogP contribution in [0, 0.1) is 5.92 Å². The summed E-state index contributed by atoms with van der Waals surface area (Å²) >= 11 is 5.65. The molecule has 0 aliphatic carbocycles. The van der Waals surface area contributed by atoms with E-state index >= 15 is 0 Å². The predicted molar refractivity (Wildman–Crippen MR) is 68.4 cm³/mol. The van der Waals surface area contributed by atoms with E-state index in [0.29, 0.717) is 11.1 Å². The molecule has 90 valence electrons. The van der Waals surface area contributed by atoms with Crippen LogP contribution in [0.15, 0.2) is 12.1 Å². The molecule has 1 aromatic rings. The molecule has 6 heteroatoms. The standard InChI is InChI=1S/C10H15ClN4.ClH/c11-9-3-4-10(15-14-9)13-7-8-2-1-5-12-6-8;/h3-4,8,12H,1-2,5-7H2,(H,13,15);1H. The van der Waals surface area contributed by atoms with Gasteiger partial charge in [0.1, 0.15) is 5.82 Å². The summed E-state index contributed by atoms with van der Waals surface area (Å²) < 4.78 is 0. The molecule has 0 aromatic carbocycles. The fraction of sp³-hybridized carbons (Fsp3) is 0.600. The van der Waals surface area contributed by atoms with Crippen molar-refractivity contribution in [2.24, 2.45) is 5.92 Å². The second-order valence-electron chi connectivity index (χ2n) is 3.83. The molecule has 0 saturated carbocycles. The predicted octanol–water partition coefficient (Wildman–Crippen LogP) is 1.96. The van der Waals surface area contributed by atoms with Gasteiger partial charge < -0.3 is 10.6 Å². The number of hydrogen-bond donors (Lipinski definition) is 2. The van der Waals surface area contributed by atoms with E-state index in [1.807, 2.05) is 6.07 Å². The zero-order valence-electron chi connectivity index (χ0n) is 8.95. The third-order valence-electron chi connectivity index (χ3n) is 2.60. The lowest BCUT2D eigenvalue weighted by Crippen LogP contribution is -2.33. The van der Waals surface area contributed by atoms with E-state index in [9.17, 15) is 0 Å². The molecule has 1 fully saturated rings. The maximum Gasteiger partial charge on any atom is 0.151 e. The van der Waals surface area contributed by atoms with E-state index < -0.39 is 0 Å². The molecule has 4 nitrogen and oxygen atoms in total. The molecule has 2 heterocycles. The number of halogens is 2. The highest BCUT2D eigenvalue weighted by Crippen LogP contribution is 2.11. The lowest BCUT2D eigenvalue weighted by atomic mass is 10.00. The Morgan fingerprint density at radius 1 is 1.44 bits per heavy atom. The molecule has 1 aromatic heterocycles. The van der Waals surface area contributed by atoms with Gasteiger partial charge in [-0.05, 0) is 44.0 Å². The van der Waals surface area contributed by atoms with Crippen LogP contribution < -0.4 is 10.6 Å². The first-order valence-corrected chi connectivity index (χ1v) is 5.66. The summed E-state index contributed by atoms with van der Waals surface area (Å²) in [6.07, 6.45) is 2.54. The summed E-state index contributed by atoms with van der Waals surface area (Å²) in [5.41, 5.74) is 0. The van der Waals surface area contributed by atoms with Crippen molar-refractivity contribution in [1.29, 1.82) is 0 Å². The van der Waals surface area contributed by atoms with Gasteiger partial charge >= 0.3 is 0 Å². The van der Waals surface area contributed by atoms with Crippen molar-refractivity contribution in [2.75, 3.05) is 25.0 Å². The summed E-state index contributed by atoms with van der Waals surface area (Å²) in [7, 11) is 0. The van der Waals surface area contributed by atoms with Gasteiger partial charge in [0, 0.05) is 6.54 Å². The van der Waals surface area contributed by atoms with Crippen molar-refractivity contribution in [3.63, 3.8) is 0 Å². The Balaban J connectivity index is 0.00000128. The summed E-state index contributed by atoms with van der Waals surface area (Å²) in [5, 5.41) is 14.8. The van der Waals surface area contributed by atoms with E-state index in [-0.39, 0.29) is 12.4 Å². The highest BCUT2D eigenvalue weighted by atomic mass is 35.5. The first-order valence-electron chi connectivity index (χ1n) is 5.28. The first-order chi connectivity index (χ1) is 7.34. The zero-order chi connectivity index (χ0) is 10.5. The van der Waals surface area contributed by atoms with Gasteiger partial charge in [-0.3, -0.25) is 0 Å². The van der Waals surface area contributed by atoms with Crippen molar-refractivity contribution < 1.29 is 0 Å². The van der Waals surface area contributed by atoms with Gasteiger partial charge in [-0.15, -0.1) is 22.6 Å². The number of hydrogen-bond acceptors (Lipinski definition) is 4. The van der Waals surface area contributed by atoms with Crippen LogP contribution in [0.5, 0.6) is 0 Å². The summed E-state index contributed by atoms with van der Waals surface area (Å²) in [5.74, 6) is 1.49. The minimum atomic E-state index is 0. The molecule has 1 aliphatic rings. The minimum absolute atomic E-state index is 0. The molecule has 2 rings (SSSR count). The Morgan fingerprint density at radius 2 is 2.31 bits per heavy atom. The van der Waals surface area contributed by atoms with Crippen molar-refractivity contribution >= 4 is 29.8 Å². The topological polar surface area (TPSA) is 49.8 Å². The molecule has 1 aliphatic heterocycles. The Labute approximate surface area is 107 Å². The molecule has 1 unspecified atom stereocenters. The molecule has 1 atom stereocenters. The number of aromatic nitrogens is 2. The number of anilines is 1. The van der Waals surface area contributed by atoms with Crippen molar-refractivity contribution in [3.8, 4) is 0 Å². The highest BCUT2D eigenvalue weighted by Gasteiger charge is 2.12. The van der Waals surface area contributed by atoms with Crippen LogP contribution in [0.3, 0.4) is 0 Å². The average Bonchev–Trinajstić information content (AvgIpc) is 2.30. The van der Waals surface area contributed by atoms with E-state index in [2.05, 4.69) is 20.8 Å². The van der Waals surface area contributed by atoms with Crippen molar-refractivity contribution in [2.45, 2.75) is 12.8 Å². The largest absolute Gasteiger partial charge is 0.368 e. The lowest BCUT2D eigenvalue weighted by molar-refractivity contribution is 0.392. The maximum absolute atomic E-state index is 5.65. The van der Waals surface area contributed by atoms with E-state index in [1.54, 1.807) is 6.07 Å². The molecular weight excluding hydrogens is 247 g/mol. The minimum Gasteiger partial charge on any atom is -0.368 e. The Morgan fingerprint density at radius 3 is 2.94 bits per heavy atom. The quantitative estimate of drug-likeness (QED) is 0.875. The molecule has 16 heavy (non-hydrogen) atoms. The van der Waals surface area contributed by atoms with E-state index in [0.717, 1.165) is 25.5 Å². The summed E-state index contributed by atoms with van der Waals surface area (Å²) in [6.45, 7) is 3.19. The van der Waals surface area contributed by atoms with Gasteiger partial charge in [-0.25, -0.2) is 0 Å². The maximum atomic E-state index is 5.65. The monoisotopic (exact) mass is 262 g/mol. The molecule has 2 N–H and O–H groups in total. The average molecular weight is 263 g/mol. The Hall–Kier alpha value is -0.580. The Kier molecular flexibility index (Phi) is 5.80. The van der Waals surface area contributed by atoms with Gasteiger partial charge in [0.15, 0.2) is 5.15 Å². The normalized spacial score (nSPS) is 19.9. The second-order valence-corrected chi connectivity index (χ2v) is 4.22. The van der Waals surface area contributed by atoms with Crippen LogP contribution in [0.25, 0.3) is 0 Å². The molecule has 0 amide bonds. The van der Waals surface area contributed by atoms with Crippen LogP contribution >= 0.6 is 24.0 Å². The smallest absolute Gasteiger partial charge is 0.151 e. The SMILES string of the molecule is Cl.Clc1ccc(NCC2CCCNC2)nn1. The molecule has 1 saturated heterocycles. The van der Waals surface area contributed by atoms with Gasteiger partial charge in [0.05, 0.1) is 0 Å². The van der Waals surface area contributed by atoms with Crippen LogP contribution in [0.2, 0.25) is 5.15 Å². The van der Waals surface area contributed by atoms with Crippen molar-refractivity contribution in [3.05, 3.63) is 17.3 Å². The molecule has 0 radical (unpaired) electrons. The molecular formula is C10H16Cl2N4. The summed E-state index contributed by atoms with van der Waals surface area (Å²) in [4.78, 5) is 0. The zero-order valence-corrected chi connectivity index (χ0v) is 10.5. The lowest BCUT2D eigenvalue weighted by Gasteiger charge is -2.22. The second kappa shape index (κ2) is 6.89. The van der Waals surface area contributed by atoms with Gasteiger partial charge in [0.2, 0.25) is 0 Å². The number of piperidine rings is 1.